The second kappa shape index (κ2) is 12.7. The second-order valence-electron chi connectivity index (χ2n) is 13.0. The van der Waals surface area contributed by atoms with Crippen molar-refractivity contribution < 1.29 is 33.5 Å². The van der Waals surface area contributed by atoms with Gasteiger partial charge < -0.3 is 29.9 Å². The van der Waals surface area contributed by atoms with Crippen molar-refractivity contribution in [1.29, 1.82) is 0 Å². The van der Waals surface area contributed by atoms with Crippen molar-refractivity contribution in [2.45, 2.75) is 75.6 Å². The average molecular weight is 652 g/mol. The van der Waals surface area contributed by atoms with Gasteiger partial charge >= 0.3 is 5.97 Å². The normalized spacial score (nSPS) is 26.9. The van der Waals surface area contributed by atoms with Crippen LogP contribution in [-0.2, 0) is 14.4 Å². The number of aromatic nitrogens is 2. The molecule has 2 aliphatic heterocycles. The molecule has 4 heterocycles. The van der Waals surface area contributed by atoms with Gasteiger partial charge in [-0.3, -0.25) is 14.4 Å². The smallest absolute Gasteiger partial charge is 0.330 e. The van der Waals surface area contributed by atoms with Crippen LogP contribution in [0.3, 0.4) is 0 Å². The summed E-state index contributed by atoms with van der Waals surface area (Å²) in [6.07, 6.45) is 6.97. The molecule has 1 aliphatic carbocycles. The quantitative estimate of drug-likeness (QED) is 0.211. The highest BCUT2D eigenvalue weighted by atomic mass is 16.5. The Morgan fingerprint density at radius 1 is 1.06 bits per heavy atom. The van der Waals surface area contributed by atoms with Crippen molar-refractivity contribution in [2.75, 3.05) is 6.54 Å². The number of nitrogens with zero attached hydrogens (tertiary/aromatic N) is 3. The van der Waals surface area contributed by atoms with E-state index in [0.29, 0.717) is 24.5 Å². The van der Waals surface area contributed by atoms with Crippen molar-refractivity contribution in [3.63, 3.8) is 0 Å². The number of aryl methyl sites for hydroxylation is 1. The zero-order valence-electron chi connectivity index (χ0n) is 26.6. The lowest BCUT2D eigenvalue weighted by Gasteiger charge is -2.29. The first-order valence-corrected chi connectivity index (χ1v) is 16.4. The average Bonchev–Trinajstić information content (AvgIpc) is 3.36. The molecule has 1 saturated carbocycles. The first kappa shape index (κ1) is 31.3. The van der Waals surface area contributed by atoms with E-state index in [9.17, 15) is 24.3 Å². The standard InChI is InChI=1S/C36H37N5O7/c1-21-17-29(40-48-21)31(42)37-28-16-6-4-2-3-5-11-22-19-36(22,35(45)46)39-32(43)30-18-23(20-41(30)34(28)44)47-33-26-14-8-7-12-24(26)25-13-9-10-15-27(25)38-33/h5,7-15,17,22-23,28,30H,2-4,6,16,18-20H2,1H3,(H,37,42)(H,39,43)(H,45,46)/b11-5-/t22-,23-,28+,30+,36-/m1/s1. The molecule has 3 amide bonds. The fourth-order valence-corrected chi connectivity index (χ4v) is 6.97. The highest BCUT2D eigenvalue weighted by Gasteiger charge is 2.61. The topological polar surface area (TPSA) is 164 Å². The van der Waals surface area contributed by atoms with Crippen LogP contribution in [0.4, 0.5) is 0 Å². The van der Waals surface area contributed by atoms with Crippen LogP contribution >= 0.6 is 0 Å². The summed E-state index contributed by atoms with van der Waals surface area (Å²) in [5.74, 6) is -2.20. The maximum absolute atomic E-state index is 14.4. The molecule has 48 heavy (non-hydrogen) atoms. The van der Waals surface area contributed by atoms with E-state index in [2.05, 4.69) is 15.8 Å². The SMILES string of the molecule is Cc1cc(C(=O)N[C@H]2CCCCC/C=C\[C@@H]3C[C@@]3(C(=O)O)NC(=O)[C@@H]3C[C@@H](Oc4nc5ccccc5c5ccccc45)CN3C2=O)no1. The van der Waals surface area contributed by atoms with Crippen LogP contribution in [0.5, 0.6) is 5.88 Å². The fourth-order valence-electron chi connectivity index (χ4n) is 6.97. The van der Waals surface area contributed by atoms with Gasteiger partial charge in [-0.25, -0.2) is 9.78 Å². The molecule has 0 radical (unpaired) electrons. The summed E-state index contributed by atoms with van der Waals surface area (Å²) in [5, 5.41) is 22.3. The van der Waals surface area contributed by atoms with Gasteiger partial charge in [0.1, 0.15) is 29.5 Å². The number of amides is 3. The number of nitrogens with one attached hydrogen (secondary N) is 2. The van der Waals surface area contributed by atoms with Gasteiger partial charge in [0.05, 0.1) is 12.1 Å². The van der Waals surface area contributed by atoms with Crippen molar-refractivity contribution in [2.24, 2.45) is 5.92 Å². The predicted molar refractivity (Wildman–Crippen MR) is 175 cm³/mol. The number of aliphatic carboxylic acids is 1. The number of ether oxygens (including phenoxy) is 1. The van der Waals surface area contributed by atoms with E-state index >= 15 is 0 Å². The number of rotatable bonds is 5. The molecular formula is C36H37N5O7. The maximum atomic E-state index is 14.4. The van der Waals surface area contributed by atoms with E-state index in [-0.39, 0.29) is 31.0 Å². The van der Waals surface area contributed by atoms with Crippen LogP contribution in [0, 0.1) is 12.8 Å². The van der Waals surface area contributed by atoms with Crippen molar-refractivity contribution in [3.8, 4) is 5.88 Å². The third-order valence-corrected chi connectivity index (χ3v) is 9.64. The van der Waals surface area contributed by atoms with Gasteiger partial charge in [-0.1, -0.05) is 66.5 Å². The molecule has 2 fully saturated rings. The number of para-hydroxylation sites is 1. The lowest BCUT2D eigenvalue weighted by molar-refractivity contribution is -0.145. The summed E-state index contributed by atoms with van der Waals surface area (Å²) < 4.78 is 11.6. The molecule has 12 nitrogen and oxygen atoms in total. The molecule has 0 spiro atoms. The first-order valence-electron chi connectivity index (χ1n) is 16.4. The van der Waals surface area contributed by atoms with Gasteiger partial charge in [0.15, 0.2) is 5.69 Å². The summed E-state index contributed by atoms with van der Waals surface area (Å²) in [5.41, 5.74) is -0.638. The Morgan fingerprint density at radius 2 is 1.83 bits per heavy atom. The molecule has 0 bridgehead atoms. The van der Waals surface area contributed by atoms with E-state index in [1.54, 1.807) is 6.92 Å². The second-order valence-corrected chi connectivity index (χ2v) is 13.0. The highest BCUT2D eigenvalue weighted by Crippen LogP contribution is 2.45. The Labute approximate surface area is 276 Å². The first-order chi connectivity index (χ1) is 23.2. The lowest BCUT2D eigenvalue weighted by atomic mass is 10.0. The molecule has 2 aromatic carbocycles. The van der Waals surface area contributed by atoms with Crippen molar-refractivity contribution in [1.82, 2.24) is 25.7 Å². The number of allylic oxidation sites excluding steroid dienone is 1. The minimum absolute atomic E-state index is 0.0403. The Kier molecular flexibility index (Phi) is 8.32. The summed E-state index contributed by atoms with van der Waals surface area (Å²) in [6, 6.07) is 15.0. The molecule has 1 saturated heterocycles. The number of carboxylic acid groups (broad SMARTS) is 1. The Morgan fingerprint density at radius 3 is 2.60 bits per heavy atom. The summed E-state index contributed by atoms with van der Waals surface area (Å²) in [7, 11) is 0. The number of hydrogen-bond acceptors (Lipinski definition) is 8. The molecule has 4 aromatic rings. The number of hydrogen-bond donors (Lipinski definition) is 3. The molecule has 248 valence electrons. The maximum Gasteiger partial charge on any atom is 0.330 e. The van der Waals surface area contributed by atoms with E-state index < -0.39 is 47.4 Å². The van der Waals surface area contributed by atoms with Gasteiger partial charge in [-0.15, -0.1) is 0 Å². The van der Waals surface area contributed by atoms with Crippen LogP contribution < -0.4 is 15.4 Å². The van der Waals surface area contributed by atoms with E-state index in [1.165, 1.54) is 11.0 Å². The predicted octanol–water partition coefficient (Wildman–Crippen LogP) is 4.31. The van der Waals surface area contributed by atoms with E-state index in [4.69, 9.17) is 14.2 Å². The lowest BCUT2D eigenvalue weighted by Crippen LogP contribution is -2.56. The van der Waals surface area contributed by atoms with Crippen LogP contribution in [0.15, 0.2) is 71.3 Å². The number of pyridine rings is 1. The van der Waals surface area contributed by atoms with Gasteiger partial charge in [0.25, 0.3) is 5.91 Å². The Bertz CT molecular complexity index is 1940. The molecule has 7 rings (SSSR count). The molecule has 2 aromatic heterocycles. The van der Waals surface area contributed by atoms with Crippen LogP contribution in [0.25, 0.3) is 21.7 Å². The zero-order valence-corrected chi connectivity index (χ0v) is 26.6. The third kappa shape index (κ3) is 5.98. The minimum Gasteiger partial charge on any atom is -0.479 e. The number of carbonyl (C=O) groups is 4. The molecule has 12 heteroatoms. The van der Waals surface area contributed by atoms with E-state index in [1.807, 2.05) is 60.7 Å². The molecular weight excluding hydrogens is 614 g/mol. The van der Waals surface area contributed by atoms with Crippen molar-refractivity contribution in [3.05, 3.63) is 78.2 Å². The summed E-state index contributed by atoms with van der Waals surface area (Å²) in [6.45, 7) is 1.71. The number of carbonyl (C=O) groups excluding carboxylic acids is 3. The number of benzene rings is 2. The molecule has 5 atom stereocenters. The molecule has 3 aliphatic rings. The van der Waals surface area contributed by atoms with Crippen LogP contribution in [0.1, 0.15) is 61.2 Å². The van der Waals surface area contributed by atoms with Crippen LogP contribution in [-0.4, -0.2) is 74.1 Å². The number of fused-ring (bicyclic) bond motifs is 5. The minimum atomic E-state index is -1.43. The fraction of sp³-hybridized carbons (Fsp3) is 0.389. The largest absolute Gasteiger partial charge is 0.479 e. The third-order valence-electron chi connectivity index (χ3n) is 9.64. The summed E-state index contributed by atoms with van der Waals surface area (Å²) in [4.78, 5) is 60.2. The van der Waals surface area contributed by atoms with Gasteiger partial charge in [0.2, 0.25) is 17.7 Å². The van der Waals surface area contributed by atoms with E-state index in [0.717, 1.165) is 40.9 Å². The van der Waals surface area contributed by atoms with Crippen LogP contribution in [0.2, 0.25) is 0 Å². The zero-order chi connectivity index (χ0) is 33.4. The Balaban J connectivity index is 1.21. The van der Waals surface area contributed by atoms with Gasteiger partial charge in [-0.05, 0) is 50.1 Å². The van der Waals surface area contributed by atoms with Gasteiger partial charge in [-0.2, -0.15) is 0 Å². The van der Waals surface area contributed by atoms with Gasteiger partial charge in [0, 0.05) is 29.2 Å². The highest BCUT2D eigenvalue weighted by molar-refractivity contribution is 6.07. The monoisotopic (exact) mass is 651 g/mol. The number of carboxylic acids is 1. The Hall–Kier alpha value is -5.26. The molecule has 3 N–H and O–H groups in total. The summed E-state index contributed by atoms with van der Waals surface area (Å²) >= 11 is 0. The van der Waals surface area contributed by atoms with Crippen molar-refractivity contribution >= 4 is 45.4 Å². The molecule has 0 unspecified atom stereocenters.